The summed E-state index contributed by atoms with van der Waals surface area (Å²) in [5, 5.41) is 8.71. The number of aryl methyl sites for hydroxylation is 1. The molecule has 2 heterocycles. The van der Waals surface area contributed by atoms with Gasteiger partial charge < -0.3 is 10.6 Å². The first kappa shape index (κ1) is 15.8. The fourth-order valence-electron chi connectivity index (χ4n) is 3.61. The van der Waals surface area contributed by atoms with Crippen molar-refractivity contribution >= 4 is 29.7 Å². The molecule has 0 spiro atoms. The van der Waals surface area contributed by atoms with Gasteiger partial charge in [0.1, 0.15) is 0 Å². The van der Waals surface area contributed by atoms with Gasteiger partial charge in [-0.25, -0.2) is 0 Å². The molecule has 2 N–H and O–H groups in total. The maximum atomic E-state index is 12.7. The molecule has 5 heteroatoms. The van der Waals surface area contributed by atoms with Gasteiger partial charge >= 0.3 is 0 Å². The van der Waals surface area contributed by atoms with Crippen molar-refractivity contribution < 1.29 is 4.79 Å². The molecule has 1 aliphatic carbocycles. The second-order valence-electron chi connectivity index (χ2n) is 5.94. The Labute approximate surface area is 130 Å². The van der Waals surface area contributed by atoms with E-state index in [2.05, 4.69) is 29.0 Å². The minimum atomic E-state index is -0.122. The Morgan fingerprint density at radius 3 is 3.15 bits per heavy atom. The Bertz CT molecular complexity index is 476. The number of hydrogen-bond donors (Lipinski definition) is 2. The third kappa shape index (κ3) is 2.74. The molecule has 20 heavy (non-hydrogen) atoms. The largest absolute Gasteiger partial charge is 0.351 e. The lowest BCUT2D eigenvalue weighted by Crippen LogP contribution is -2.47. The van der Waals surface area contributed by atoms with Crippen LogP contribution in [0.2, 0.25) is 0 Å². The van der Waals surface area contributed by atoms with Gasteiger partial charge in [0.25, 0.3) is 0 Å². The van der Waals surface area contributed by atoms with Crippen molar-refractivity contribution in [1.82, 2.24) is 10.6 Å². The molecular weight excluding hydrogens is 292 g/mol. The van der Waals surface area contributed by atoms with Crippen LogP contribution in [0, 0.1) is 18.3 Å². The highest BCUT2D eigenvalue weighted by Crippen LogP contribution is 2.43. The number of thiophene rings is 1. The zero-order chi connectivity index (χ0) is 13.3. The molecule has 0 aromatic carbocycles. The Balaban J connectivity index is 0.00000147. The molecule has 2 atom stereocenters. The SMILES string of the molecule is Cc1ccsc1CNC(=O)[C@@]12CCCC[C@H]1CNC2.Cl. The summed E-state index contributed by atoms with van der Waals surface area (Å²) in [7, 11) is 0. The van der Waals surface area contributed by atoms with Gasteiger partial charge in [0.15, 0.2) is 0 Å². The van der Waals surface area contributed by atoms with Crippen molar-refractivity contribution in [3.05, 3.63) is 21.9 Å². The van der Waals surface area contributed by atoms with Crippen LogP contribution >= 0.6 is 23.7 Å². The van der Waals surface area contributed by atoms with Crippen molar-refractivity contribution in [3.63, 3.8) is 0 Å². The predicted molar refractivity (Wildman–Crippen MR) is 85.4 cm³/mol. The molecule has 3 nitrogen and oxygen atoms in total. The highest BCUT2D eigenvalue weighted by Gasteiger charge is 2.49. The van der Waals surface area contributed by atoms with Crippen LogP contribution in [0.25, 0.3) is 0 Å². The molecule has 0 unspecified atom stereocenters. The van der Waals surface area contributed by atoms with Crippen LogP contribution in [0.1, 0.15) is 36.1 Å². The van der Waals surface area contributed by atoms with E-state index in [0.29, 0.717) is 12.5 Å². The summed E-state index contributed by atoms with van der Waals surface area (Å²) in [6.07, 6.45) is 4.74. The van der Waals surface area contributed by atoms with Crippen LogP contribution in [-0.4, -0.2) is 19.0 Å². The lowest BCUT2D eigenvalue weighted by molar-refractivity contribution is -0.134. The van der Waals surface area contributed by atoms with Crippen LogP contribution in [0.15, 0.2) is 11.4 Å². The number of fused-ring (bicyclic) bond motifs is 1. The lowest BCUT2D eigenvalue weighted by atomic mass is 9.67. The van der Waals surface area contributed by atoms with Gasteiger partial charge in [0, 0.05) is 11.4 Å². The summed E-state index contributed by atoms with van der Waals surface area (Å²) in [5.74, 6) is 0.820. The molecular formula is C15H23ClN2OS. The normalized spacial score (nSPS) is 28.6. The zero-order valence-corrected chi connectivity index (χ0v) is 13.5. The second-order valence-corrected chi connectivity index (χ2v) is 6.94. The molecule has 1 saturated carbocycles. The van der Waals surface area contributed by atoms with Crippen molar-refractivity contribution in [3.8, 4) is 0 Å². The van der Waals surface area contributed by atoms with E-state index in [1.165, 1.54) is 29.7 Å². The fourth-order valence-corrected chi connectivity index (χ4v) is 4.46. The van der Waals surface area contributed by atoms with Crippen LogP contribution in [-0.2, 0) is 11.3 Å². The van der Waals surface area contributed by atoms with Crippen LogP contribution in [0.4, 0.5) is 0 Å². The topological polar surface area (TPSA) is 41.1 Å². The first-order valence-corrected chi connectivity index (χ1v) is 8.12. The Hall–Kier alpha value is -0.580. The third-order valence-electron chi connectivity index (χ3n) is 4.87. The van der Waals surface area contributed by atoms with Crippen molar-refractivity contribution in [2.45, 2.75) is 39.2 Å². The zero-order valence-electron chi connectivity index (χ0n) is 11.9. The summed E-state index contributed by atoms with van der Waals surface area (Å²) in [5.41, 5.74) is 1.16. The van der Waals surface area contributed by atoms with Gasteiger partial charge in [-0.2, -0.15) is 0 Å². The highest BCUT2D eigenvalue weighted by molar-refractivity contribution is 7.10. The van der Waals surface area contributed by atoms with E-state index in [9.17, 15) is 4.79 Å². The molecule has 1 saturated heterocycles. The van der Waals surface area contributed by atoms with Gasteiger partial charge in [0.05, 0.1) is 12.0 Å². The maximum absolute atomic E-state index is 12.7. The molecule has 2 aliphatic rings. The van der Waals surface area contributed by atoms with Gasteiger partial charge in [0.2, 0.25) is 5.91 Å². The average molecular weight is 315 g/mol. The Kier molecular flexibility index (Phi) is 5.10. The minimum absolute atomic E-state index is 0. The number of halogens is 1. The van der Waals surface area contributed by atoms with Crippen LogP contribution < -0.4 is 10.6 Å². The smallest absolute Gasteiger partial charge is 0.228 e. The second kappa shape index (κ2) is 6.46. The van der Waals surface area contributed by atoms with Gasteiger partial charge in [-0.05, 0) is 49.2 Å². The molecule has 2 fully saturated rings. The maximum Gasteiger partial charge on any atom is 0.228 e. The summed E-state index contributed by atoms with van der Waals surface area (Å²) < 4.78 is 0. The highest BCUT2D eigenvalue weighted by atomic mass is 35.5. The van der Waals surface area contributed by atoms with Gasteiger partial charge in [-0.3, -0.25) is 4.79 Å². The molecule has 1 aromatic rings. The number of amides is 1. The van der Waals surface area contributed by atoms with E-state index in [0.717, 1.165) is 19.5 Å². The first-order chi connectivity index (χ1) is 9.22. The molecule has 0 bridgehead atoms. The van der Waals surface area contributed by atoms with E-state index in [1.807, 2.05) is 0 Å². The first-order valence-electron chi connectivity index (χ1n) is 7.24. The van der Waals surface area contributed by atoms with Gasteiger partial charge in [-0.15, -0.1) is 23.7 Å². The molecule has 112 valence electrons. The number of rotatable bonds is 3. The van der Waals surface area contributed by atoms with E-state index < -0.39 is 0 Å². The lowest BCUT2D eigenvalue weighted by Gasteiger charge is -2.37. The molecule has 1 amide bonds. The van der Waals surface area contributed by atoms with E-state index in [4.69, 9.17) is 0 Å². The van der Waals surface area contributed by atoms with E-state index >= 15 is 0 Å². The number of hydrogen-bond acceptors (Lipinski definition) is 3. The summed E-state index contributed by atoms with van der Waals surface area (Å²) in [4.78, 5) is 13.9. The summed E-state index contributed by atoms with van der Waals surface area (Å²) in [6, 6.07) is 2.12. The van der Waals surface area contributed by atoms with Crippen LogP contribution in [0.3, 0.4) is 0 Å². The third-order valence-corrected chi connectivity index (χ3v) is 5.89. The molecule has 1 aliphatic heterocycles. The fraction of sp³-hybridized carbons (Fsp3) is 0.667. The standard InChI is InChI=1S/C15H22N2OS.ClH/c1-11-5-7-19-13(11)9-17-14(18)15-6-3-2-4-12(15)8-16-10-15;/h5,7,12,16H,2-4,6,8-10H2,1H3,(H,17,18);1H/t12-,15+;/m0./s1. The Morgan fingerprint density at radius 1 is 1.55 bits per heavy atom. The molecule has 0 radical (unpaired) electrons. The van der Waals surface area contributed by atoms with Crippen molar-refractivity contribution in [2.75, 3.05) is 13.1 Å². The molecule has 3 rings (SSSR count). The predicted octanol–water partition coefficient (Wildman–Crippen LogP) is 2.87. The monoisotopic (exact) mass is 314 g/mol. The van der Waals surface area contributed by atoms with E-state index in [-0.39, 0.29) is 23.7 Å². The van der Waals surface area contributed by atoms with Crippen LogP contribution in [0.5, 0.6) is 0 Å². The number of carbonyl (C=O) groups is 1. The van der Waals surface area contributed by atoms with Gasteiger partial charge in [-0.1, -0.05) is 12.8 Å². The van der Waals surface area contributed by atoms with Crippen molar-refractivity contribution in [2.24, 2.45) is 11.3 Å². The minimum Gasteiger partial charge on any atom is -0.351 e. The van der Waals surface area contributed by atoms with E-state index in [1.54, 1.807) is 11.3 Å². The Morgan fingerprint density at radius 2 is 2.40 bits per heavy atom. The molecule has 1 aromatic heterocycles. The average Bonchev–Trinajstić information content (AvgIpc) is 3.02. The van der Waals surface area contributed by atoms with Crippen molar-refractivity contribution in [1.29, 1.82) is 0 Å². The number of nitrogens with one attached hydrogen (secondary N) is 2. The quantitative estimate of drug-likeness (QED) is 0.900. The number of carbonyl (C=O) groups excluding carboxylic acids is 1. The summed E-state index contributed by atoms with van der Waals surface area (Å²) >= 11 is 1.73. The summed E-state index contributed by atoms with van der Waals surface area (Å²) in [6.45, 7) is 4.69.